The zero-order valence-electron chi connectivity index (χ0n) is 11.1. The van der Waals surface area contributed by atoms with E-state index in [1.165, 1.54) is 0 Å². The molecule has 2 nitrogen and oxygen atoms in total. The van der Waals surface area contributed by atoms with Gasteiger partial charge in [-0.05, 0) is 64.0 Å². The van der Waals surface area contributed by atoms with E-state index in [0.717, 1.165) is 38.5 Å². The predicted molar refractivity (Wildman–Crippen MR) is 53.6 cm³/mol. The van der Waals surface area contributed by atoms with Gasteiger partial charge < -0.3 is 10.0 Å². The number of hydrogen-bond acceptors (Lipinski definition) is 2. The van der Waals surface area contributed by atoms with Gasteiger partial charge in [-0.25, -0.2) is 0 Å². The van der Waals surface area contributed by atoms with Crippen molar-refractivity contribution in [3.8, 4) is 0 Å². The standard InChI is InChI=1S/C11H21NO/c1-12-8-6-11(7-9-12)4-2-10(13)3-5-11/h10,13H,2-9H2,1H3/i1D3. The molecule has 0 bridgehead atoms. The molecule has 1 N–H and O–H groups in total. The molecule has 2 aliphatic rings. The third-order valence-electron chi connectivity index (χ3n) is 3.84. The summed E-state index contributed by atoms with van der Waals surface area (Å²) in [5.74, 6) is 0. The van der Waals surface area contributed by atoms with E-state index in [0.29, 0.717) is 18.5 Å². The Hall–Kier alpha value is -0.0800. The Labute approximate surface area is 85.1 Å². The fraction of sp³-hybridized carbons (Fsp3) is 1.00. The van der Waals surface area contributed by atoms with Crippen LogP contribution in [0.25, 0.3) is 0 Å². The van der Waals surface area contributed by atoms with Gasteiger partial charge in [-0.3, -0.25) is 0 Å². The van der Waals surface area contributed by atoms with Crippen molar-refractivity contribution in [2.75, 3.05) is 20.1 Å². The molecule has 0 radical (unpaired) electrons. The summed E-state index contributed by atoms with van der Waals surface area (Å²) in [4.78, 5) is 1.61. The molecule has 0 amide bonds. The predicted octanol–water partition coefficient (Wildman–Crippen LogP) is 1.63. The molecule has 1 heterocycles. The number of hydrogen-bond donors (Lipinski definition) is 1. The Morgan fingerprint density at radius 1 is 1.23 bits per heavy atom. The first-order chi connectivity index (χ1) is 7.41. The Balaban J connectivity index is 1.89. The van der Waals surface area contributed by atoms with Gasteiger partial charge in [0.05, 0.1) is 6.10 Å². The van der Waals surface area contributed by atoms with E-state index < -0.39 is 6.98 Å². The number of aliphatic hydroxyl groups is 1. The van der Waals surface area contributed by atoms with Crippen LogP contribution in [0.15, 0.2) is 0 Å². The second-order valence-corrected chi connectivity index (χ2v) is 4.72. The molecule has 76 valence electrons. The van der Waals surface area contributed by atoms with E-state index in [1.807, 2.05) is 0 Å². The first kappa shape index (κ1) is 6.41. The molecule has 1 saturated heterocycles. The van der Waals surface area contributed by atoms with Crippen LogP contribution in [0.1, 0.15) is 42.6 Å². The summed E-state index contributed by atoms with van der Waals surface area (Å²) in [5.41, 5.74) is 0.334. The summed E-state index contributed by atoms with van der Waals surface area (Å²) in [5, 5.41) is 9.50. The van der Waals surface area contributed by atoms with Crippen molar-refractivity contribution in [3.63, 3.8) is 0 Å². The zero-order valence-corrected chi connectivity index (χ0v) is 8.13. The number of rotatable bonds is 0. The van der Waals surface area contributed by atoms with Crippen molar-refractivity contribution < 1.29 is 9.22 Å². The lowest BCUT2D eigenvalue weighted by atomic mass is 9.67. The van der Waals surface area contributed by atoms with Crippen LogP contribution in [0.4, 0.5) is 0 Å². The first-order valence-electron chi connectivity index (χ1n) is 6.84. The Bertz CT molecular complexity index is 236. The number of piperidine rings is 1. The zero-order chi connectivity index (χ0) is 11.8. The lowest BCUT2D eigenvalue weighted by Crippen LogP contribution is -2.40. The van der Waals surface area contributed by atoms with Crippen LogP contribution >= 0.6 is 0 Å². The van der Waals surface area contributed by atoms with Crippen molar-refractivity contribution in [1.82, 2.24) is 4.90 Å². The Morgan fingerprint density at radius 3 is 2.38 bits per heavy atom. The van der Waals surface area contributed by atoms with Crippen molar-refractivity contribution in [2.24, 2.45) is 5.41 Å². The smallest absolute Gasteiger partial charge is 0.0540 e. The molecule has 1 saturated carbocycles. The van der Waals surface area contributed by atoms with Crippen LogP contribution in [0.2, 0.25) is 0 Å². The van der Waals surface area contributed by atoms with Crippen molar-refractivity contribution in [1.29, 1.82) is 0 Å². The molecular weight excluding hydrogens is 162 g/mol. The highest BCUT2D eigenvalue weighted by molar-refractivity contribution is 4.89. The maximum atomic E-state index is 9.50. The minimum Gasteiger partial charge on any atom is -0.393 e. The maximum absolute atomic E-state index is 9.50. The molecule has 0 aromatic carbocycles. The topological polar surface area (TPSA) is 23.5 Å². The van der Waals surface area contributed by atoms with Crippen LogP contribution in [-0.4, -0.2) is 36.2 Å². The number of aliphatic hydroxyl groups excluding tert-OH is 1. The first-order valence-corrected chi connectivity index (χ1v) is 5.34. The molecule has 2 rings (SSSR count). The summed E-state index contributed by atoms with van der Waals surface area (Å²) >= 11 is 0. The molecule has 1 aliphatic heterocycles. The summed E-state index contributed by atoms with van der Waals surface area (Å²) in [6.45, 7) is -0.547. The summed E-state index contributed by atoms with van der Waals surface area (Å²) in [6, 6.07) is 0. The molecule has 1 spiro atoms. The molecule has 0 atom stereocenters. The van der Waals surface area contributed by atoms with E-state index in [1.54, 1.807) is 4.90 Å². The van der Waals surface area contributed by atoms with Gasteiger partial charge in [0.25, 0.3) is 0 Å². The van der Waals surface area contributed by atoms with Crippen LogP contribution in [0.5, 0.6) is 0 Å². The lowest BCUT2D eigenvalue weighted by molar-refractivity contribution is 0.0230. The van der Waals surface area contributed by atoms with Crippen LogP contribution in [-0.2, 0) is 0 Å². The summed E-state index contributed by atoms with van der Waals surface area (Å²) in [7, 11) is 0. The van der Waals surface area contributed by atoms with Crippen LogP contribution < -0.4 is 0 Å². The minimum absolute atomic E-state index is 0.119. The molecular formula is C11H21NO. The quantitative estimate of drug-likeness (QED) is 0.621. The van der Waals surface area contributed by atoms with Gasteiger partial charge in [0.1, 0.15) is 0 Å². The van der Waals surface area contributed by atoms with Crippen LogP contribution in [0.3, 0.4) is 0 Å². The minimum atomic E-state index is -1.92. The summed E-state index contributed by atoms with van der Waals surface area (Å²) < 4.78 is 22.1. The average Bonchev–Trinajstić information content (AvgIpc) is 2.22. The molecule has 0 unspecified atom stereocenters. The largest absolute Gasteiger partial charge is 0.393 e. The van der Waals surface area contributed by atoms with Crippen molar-refractivity contribution in [2.45, 2.75) is 44.6 Å². The lowest BCUT2D eigenvalue weighted by Gasteiger charge is -2.44. The molecule has 2 fully saturated rings. The van der Waals surface area contributed by atoms with Gasteiger partial charge in [-0.15, -0.1) is 0 Å². The highest BCUT2D eigenvalue weighted by Gasteiger charge is 2.36. The van der Waals surface area contributed by atoms with E-state index in [4.69, 9.17) is 4.11 Å². The second-order valence-electron chi connectivity index (χ2n) is 4.72. The van der Waals surface area contributed by atoms with Gasteiger partial charge in [-0.1, -0.05) is 0 Å². The SMILES string of the molecule is [2H]C([2H])([2H])N1CCC2(CCC(O)CC2)CC1. The molecule has 0 aromatic heterocycles. The van der Waals surface area contributed by atoms with Gasteiger partial charge in [0, 0.05) is 4.11 Å². The third-order valence-corrected chi connectivity index (χ3v) is 3.84. The fourth-order valence-electron chi connectivity index (χ4n) is 2.70. The van der Waals surface area contributed by atoms with E-state index in [2.05, 4.69) is 0 Å². The Morgan fingerprint density at radius 2 is 1.85 bits per heavy atom. The van der Waals surface area contributed by atoms with Crippen LogP contribution in [0, 0.1) is 5.41 Å². The molecule has 1 aliphatic carbocycles. The molecule has 2 heteroatoms. The van der Waals surface area contributed by atoms with Gasteiger partial charge in [0.2, 0.25) is 0 Å². The molecule has 0 aromatic rings. The van der Waals surface area contributed by atoms with Gasteiger partial charge >= 0.3 is 0 Å². The average molecular weight is 186 g/mol. The van der Waals surface area contributed by atoms with Crippen molar-refractivity contribution >= 4 is 0 Å². The van der Waals surface area contributed by atoms with Crippen molar-refractivity contribution in [3.05, 3.63) is 0 Å². The third kappa shape index (κ3) is 2.05. The number of likely N-dealkylation sites (tertiary alicyclic amines) is 1. The van der Waals surface area contributed by atoms with Gasteiger partial charge in [0.15, 0.2) is 0 Å². The highest BCUT2D eigenvalue weighted by Crippen LogP contribution is 2.44. The second kappa shape index (κ2) is 3.58. The Kier molecular flexibility index (Phi) is 1.77. The number of nitrogens with zero attached hydrogens (tertiary/aromatic N) is 1. The van der Waals surface area contributed by atoms with Gasteiger partial charge in [-0.2, -0.15) is 0 Å². The highest BCUT2D eigenvalue weighted by atomic mass is 16.3. The van der Waals surface area contributed by atoms with E-state index in [-0.39, 0.29) is 6.10 Å². The summed E-state index contributed by atoms with van der Waals surface area (Å²) in [6.07, 6.45) is 5.79. The maximum Gasteiger partial charge on any atom is 0.0540 e. The molecule has 13 heavy (non-hydrogen) atoms. The van der Waals surface area contributed by atoms with E-state index in [9.17, 15) is 5.11 Å². The normalized spacial score (nSPS) is 35.3. The van der Waals surface area contributed by atoms with E-state index >= 15 is 0 Å². The fourth-order valence-corrected chi connectivity index (χ4v) is 2.70. The monoisotopic (exact) mass is 186 g/mol.